The summed E-state index contributed by atoms with van der Waals surface area (Å²) in [6.45, 7) is 5.01. The van der Waals surface area contributed by atoms with Crippen LogP contribution in [0.25, 0.3) is 0 Å². The van der Waals surface area contributed by atoms with E-state index >= 15 is 0 Å². The van der Waals surface area contributed by atoms with Crippen LogP contribution in [0.4, 0.5) is 37.7 Å². The van der Waals surface area contributed by atoms with Crippen molar-refractivity contribution in [3.8, 4) is 0 Å². The van der Waals surface area contributed by atoms with E-state index in [1.807, 2.05) is 36.9 Å². The molecule has 2 aliphatic heterocycles. The molecule has 0 bridgehead atoms. The highest BCUT2D eigenvalue weighted by Gasteiger charge is 2.50. The molecule has 0 aliphatic carbocycles. The molecule has 1 N–H and O–H groups in total. The molecule has 2 aromatic carbocycles. The van der Waals surface area contributed by atoms with Gasteiger partial charge in [0.2, 0.25) is 5.91 Å². The first kappa shape index (κ1) is 27.3. The monoisotopic (exact) mass is 530 g/mol. The Labute approximate surface area is 210 Å². The van der Waals surface area contributed by atoms with Gasteiger partial charge < -0.3 is 19.7 Å². The number of amides is 1. The molecular weight excluding hydrogens is 502 g/mol. The lowest BCUT2D eigenvalue weighted by molar-refractivity contribution is -0.144. The predicted molar refractivity (Wildman–Crippen MR) is 125 cm³/mol. The lowest BCUT2D eigenvalue weighted by Gasteiger charge is -2.48. The van der Waals surface area contributed by atoms with Gasteiger partial charge in [0.25, 0.3) is 0 Å². The number of rotatable bonds is 4. The molecule has 5 nitrogen and oxygen atoms in total. The van der Waals surface area contributed by atoms with Gasteiger partial charge in [-0.25, -0.2) is 0 Å². The maximum Gasteiger partial charge on any atom is 0.416 e. The number of alkyl halides is 6. The Balaban J connectivity index is 1.73. The van der Waals surface area contributed by atoms with Crippen molar-refractivity contribution in [2.45, 2.75) is 39.0 Å². The van der Waals surface area contributed by atoms with Crippen LogP contribution >= 0.6 is 0 Å². The van der Waals surface area contributed by atoms with E-state index < -0.39 is 40.5 Å². The number of halogens is 6. The molecule has 4 rings (SSSR count). The molecule has 2 aromatic rings. The highest BCUT2D eigenvalue weighted by atomic mass is 19.4. The molecule has 2 aliphatic rings. The molecule has 202 valence electrons. The zero-order valence-electron chi connectivity index (χ0n) is 20.4. The van der Waals surface area contributed by atoms with E-state index in [4.69, 9.17) is 9.47 Å². The summed E-state index contributed by atoms with van der Waals surface area (Å²) >= 11 is 0. The summed E-state index contributed by atoms with van der Waals surface area (Å²) in [6.07, 6.45) is -9.03. The van der Waals surface area contributed by atoms with Crippen molar-refractivity contribution in [3.05, 3.63) is 58.7 Å². The molecule has 2 fully saturated rings. The van der Waals surface area contributed by atoms with Gasteiger partial charge in [-0.1, -0.05) is 18.2 Å². The Hall–Kier alpha value is -2.79. The van der Waals surface area contributed by atoms with E-state index in [-0.39, 0.29) is 31.9 Å². The number of hydrogen-bond donors (Lipinski definition) is 1. The molecule has 1 unspecified atom stereocenters. The number of benzene rings is 2. The molecule has 0 radical (unpaired) electrons. The van der Waals surface area contributed by atoms with Crippen molar-refractivity contribution < 1.29 is 40.6 Å². The minimum atomic E-state index is -5.02. The van der Waals surface area contributed by atoms with Gasteiger partial charge >= 0.3 is 12.4 Å². The quantitative estimate of drug-likeness (QED) is 0.480. The van der Waals surface area contributed by atoms with Gasteiger partial charge in [-0.2, -0.15) is 26.3 Å². The molecule has 0 aromatic heterocycles. The highest BCUT2D eigenvalue weighted by molar-refractivity contribution is 5.96. The summed E-state index contributed by atoms with van der Waals surface area (Å²) in [7, 11) is 0. The number of hydrogen-bond acceptors (Lipinski definition) is 4. The Morgan fingerprint density at radius 1 is 0.946 bits per heavy atom. The summed E-state index contributed by atoms with van der Waals surface area (Å²) in [5.74, 6) is -0.927. The molecule has 0 saturated carbocycles. The van der Waals surface area contributed by atoms with Crippen molar-refractivity contribution in [2.24, 2.45) is 11.3 Å². The lowest BCUT2D eigenvalue weighted by Crippen LogP contribution is -2.58. The van der Waals surface area contributed by atoms with Gasteiger partial charge in [0.15, 0.2) is 0 Å². The molecule has 2 heterocycles. The van der Waals surface area contributed by atoms with Crippen LogP contribution in [0, 0.1) is 25.2 Å². The Morgan fingerprint density at radius 3 is 2.05 bits per heavy atom. The van der Waals surface area contributed by atoms with Crippen LogP contribution in [0.5, 0.6) is 0 Å². The summed E-state index contributed by atoms with van der Waals surface area (Å²) in [4.78, 5) is 15.7. The van der Waals surface area contributed by atoms with E-state index in [1.54, 1.807) is 0 Å². The Morgan fingerprint density at radius 2 is 1.51 bits per heavy atom. The maximum absolute atomic E-state index is 13.8. The molecule has 11 heteroatoms. The minimum absolute atomic E-state index is 0.0178. The number of ether oxygens (including phenoxy) is 2. The largest absolute Gasteiger partial charge is 0.416 e. The van der Waals surface area contributed by atoms with E-state index in [0.717, 1.165) is 16.8 Å². The summed E-state index contributed by atoms with van der Waals surface area (Å²) in [6, 6.07) is 6.85. The van der Waals surface area contributed by atoms with Crippen LogP contribution < -0.4 is 10.2 Å². The maximum atomic E-state index is 13.8. The van der Waals surface area contributed by atoms with Crippen LogP contribution in [-0.2, 0) is 26.6 Å². The van der Waals surface area contributed by atoms with Crippen LogP contribution in [0.1, 0.15) is 35.1 Å². The average molecular weight is 531 g/mol. The smallest absolute Gasteiger partial charge is 0.381 e. The number of nitrogens with one attached hydrogen (secondary N) is 1. The molecule has 1 atom stereocenters. The molecule has 0 spiro atoms. The number of nitrogens with zero attached hydrogens (tertiary/aromatic N) is 1. The number of carbonyl (C=O) groups excluding carboxylic acids is 1. The van der Waals surface area contributed by atoms with Crippen molar-refractivity contribution in [1.29, 1.82) is 0 Å². The molecule has 37 heavy (non-hydrogen) atoms. The minimum Gasteiger partial charge on any atom is -0.381 e. The van der Waals surface area contributed by atoms with Gasteiger partial charge in [-0.3, -0.25) is 4.79 Å². The first-order valence-electron chi connectivity index (χ1n) is 11.9. The number of aryl methyl sites for hydroxylation is 2. The zero-order valence-corrected chi connectivity index (χ0v) is 20.4. The van der Waals surface area contributed by atoms with Gasteiger partial charge in [0.05, 0.1) is 23.1 Å². The topological polar surface area (TPSA) is 50.8 Å². The fourth-order valence-electron chi connectivity index (χ4n) is 5.32. The van der Waals surface area contributed by atoms with E-state index in [9.17, 15) is 31.1 Å². The van der Waals surface area contributed by atoms with Crippen LogP contribution in [-0.4, -0.2) is 39.0 Å². The van der Waals surface area contributed by atoms with Crippen molar-refractivity contribution >= 4 is 17.3 Å². The third-order valence-corrected chi connectivity index (χ3v) is 7.14. The Bertz CT molecular complexity index is 1090. The van der Waals surface area contributed by atoms with Crippen molar-refractivity contribution in [2.75, 3.05) is 43.3 Å². The van der Waals surface area contributed by atoms with Crippen LogP contribution in [0.15, 0.2) is 36.4 Å². The van der Waals surface area contributed by atoms with Gasteiger partial charge in [-0.05, 0) is 61.9 Å². The lowest BCUT2D eigenvalue weighted by atomic mass is 9.70. The second-order valence-electron chi connectivity index (χ2n) is 9.71. The second-order valence-corrected chi connectivity index (χ2v) is 9.71. The van der Waals surface area contributed by atoms with E-state index in [2.05, 4.69) is 5.32 Å². The predicted octanol–water partition coefficient (Wildman–Crippen LogP) is 6.19. The zero-order chi connectivity index (χ0) is 27.0. The number of para-hydroxylation sites is 1. The average Bonchev–Trinajstić information content (AvgIpc) is 2.83. The second kappa shape index (κ2) is 10.2. The SMILES string of the molecule is Cc1cccc(C)c1N1COCC(C(=O)Nc2cc(C(F)(F)F)cc(C(F)(F)F)c2)(C2CCOCC2)C1. The number of carbonyl (C=O) groups is 1. The standard InChI is InChI=1S/C26H28F6N2O3/c1-16-4-3-5-17(2)22(16)34-13-24(14-37-15-34,18-6-8-36-9-7-18)23(35)33-21-11-19(25(27,28)29)10-20(12-21)26(30,31)32/h3-5,10-12,18H,6-9,13-15H2,1-2H3,(H,33,35). The molecule has 2 saturated heterocycles. The van der Waals surface area contributed by atoms with Crippen molar-refractivity contribution in [3.63, 3.8) is 0 Å². The van der Waals surface area contributed by atoms with Crippen molar-refractivity contribution in [1.82, 2.24) is 0 Å². The fraction of sp³-hybridized carbons (Fsp3) is 0.500. The first-order chi connectivity index (χ1) is 17.3. The summed E-state index contributed by atoms with van der Waals surface area (Å²) in [5.41, 5.74) is -1.97. The van der Waals surface area contributed by atoms with Gasteiger partial charge in [0, 0.05) is 31.1 Å². The fourth-order valence-corrected chi connectivity index (χ4v) is 5.32. The third kappa shape index (κ3) is 5.72. The van der Waals surface area contributed by atoms with Crippen LogP contribution in [0.2, 0.25) is 0 Å². The van der Waals surface area contributed by atoms with Gasteiger partial charge in [-0.15, -0.1) is 0 Å². The molecular formula is C26H28F6N2O3. The summed E-state index contributed by atoms with van der Waals surface area (Å²) < 4.78 is 91.7. The van der Waals surface area contributed by atoms with Gasteiger partial charge in [0.1, 0.15) is 6.73 Å². The highest BCUT2D eigenvalue weighted by Crippen LogP contribution is 2.43. The normalized spacial score (nSPS) is 21.7. The van der Waals surface area contributed by atoms with E-state index in [1.165, 1.54) is 0 Å². The Kier molecular flexibility index (Phi) is 7.49. The molecule has 1 amide bonds. The third-order valence-electron chi connectivity index (χ3n) is 7.14. The number of anilines is 2. The summed E-state index contributed by atoms with van der Waals surface area (Å²) in [5, 5.41) is 2.39. The van der Waals surface area contributed by atoms with E-state index in [0.29, 0.717) is 38.2 Å². The van der Waals surface area contributed by atoms with Crippen LogP contribution in [0.3, 0.4) is 0 Å². The first-order valence-corrected chi connectivity index (χ1v) is 11.9.